The SMILES string of the molecule is Cc1cc(Cl)cc(OC(F)(F)F)c1. The van der Waals surface area contributed by atoms with Crippen molar-refractivity contribution in [2.45, 2.75) is 13.3 Å². The van der Waals surface area contributed by atoms with Crippen LogP contribution in [-0.2, 0) is 0 Å². The van der Waals surface area contributed by atoms with Gasteiger partial charge in [-0.2, -0.15) is 0 Å². The van der Waals surface area contributed by atoms with E-state index in [9.17, 15) is 13.2 Å². The molecule has 0 N–H and O–H groups in total. The zero-order chi connectivity index (χ0) is 10.1. The predicted octanol–water partition coefficient (Wildman–Crippen LogP) is 3.55. The molecular weight excluding hydrogens is 205 g/mol. The number of benzene rings is 1. The zero-order valence-corrected chi connectivity index (χ0v) is 7.41. The summed E-state index contributed by atoms with van der Waals surface area (Å²) < 4.78 is 38.9. The van der Waals surface area contributed by atoms with Gasteiger partial charge in [0.15, 0.2) is 0 Å². The molecule has 0 spiro atoms. The molecule has 0 unspecified atom stereocenters. The summed E-state index contributed by atoms with van der Waals surface area (Å²) in [6.45, 7) is 1.63. The monoisotopic (exact) mass is 210 g/mol. The van der Waals surface area contributed by atoms with Gasteiger partial charge in [0.05, 0.1) is 0 Å². The lowest BCUT2D eigenvalue weighted by molar-refractivity contribution is -0.274. The van der Waals surface area contributed by atoms with Crippen LogP contribution in [0.4, 0.5) is 13.2 Å². The molecule has 1 rings (SSSR count). The van der Waals surface area contributed by atoms with Crippen LogP contribution in [0.15, 0.2) is 18.2 Å². The molecule has 1 nitrogen and oxygen atoms in total. The number of halogens is 4. The highest BCUT2D eigenvalue weighted by molar-refractivity contribution is 6.30. The van der Waals surface area contributed by atoms with E-state index in [1.807, 2.05) is 0 Å². The van der Waals surface area contributed by atoms with Crippen LogP contribution in [0.25, 0.3) is 0 Å². The minimum Gasteiger partial charge on any atom is -0.406 e. The Kier molecular flexibility index (Phi) is 2.71. The number of rotatable bonds is 1. The Morgan fingerprint density at radius 2 is 1.85 bits per heavy atom. The van der Waals surface area contributed by atoms with E-state index in [2.05, 4.69) is 4.74 Å². The molecule has 0 bridgehead atoms. The van der Waals surface area contributed by atoms with Crippen LogP contribution in [0, 0.1) is 6.92 Å². The zero-order valence-electron chi connectivity index (χ0n) is 6.65. The van der Waals surface area contributed by atoms with Gasteiger partial charge < -0.3 is 4.74 Å². The molecule has 0 saturated carbocycles. The third-order valence-electron chi connectivity index (χ3n) is 1.25. The van der Waals surface area contributed by atoms with Gasteiger partial charge in [-0.1, -0.05) is 11.6 Å². The largest absolute Gasteiger partial charge is 0.573 e. The minimum absolute atomic E-state index is 0.222. The molecular formula is C8H6ClF3O. The fraction of sp³-hybridized carbons (Fsp3) is 0.250. The van der Waals surface area contributed by atoms with E-state index in [4.69, 9.17) is 11.6 Å². The fourth-order valence-corrected chi connectivity index (χ4v) is 1.17. The van der Waals surface area contributed by atoms with Gasteiger partial charge in [-0.05, 0) is 30.7 Å². The van der Waals surface area contributed by atoms with Gasteiger partial charge in [0, 0.05) is 5.02 Å². The van der Waals surface area contributed by atoms with E-state index < -0.39 is 6.36 Å². The maximum Gasteiger partial charge on any atom is 0.573 e. The second-order valence-corrected chi connectivity index (χ2v) is 2.95. The molecule has 72 valence electrons. The van der Waals surface area contributed by atoms with Crippen molar-refractivity contribution in [1.82, 2.24) is 0 Å². The number of aryl methyl sites for hydroxylation is 1. The molecule has 1 aromatic carbocycles. The summed E-state index contributed by atoms with van der Waals surface area (Å²) in [4.78, 5) is 0. The maximum absolute atomic E-state index is 11.7. The number of alkyl halides is 3. The van der Waals surface area contributed by atoms with E-state index >= 15 is 0 Å². The van der Waals surface area contributed by atoms with Gasteiger partial charge in [0.25, 0.3) is 0 Å². The highest BCUT2D eigenvalue weighted by Gasteiger charge is 2.31. The van der Waals surface area contributed by atoms with Gasteiger partial charge in [-0.15, -0.1) is 13.2 Å². The Hall–Kier alpha value is -0.900. The molecule has 0 aliphatic heterocycles. The predicted molar refractivity (Wildman–Crippen MR) is 42.9 cm³/mol. The summed E-state index contributed by atoms with van der Waals surface area (Å²) in [5.41, 5.74) is 0.617. The topological polar surface area (TPSA) is 9.23 Å². The molecule has 0 amide bonds. The quantitative estimate of drug-likeness (QED) is 0.689. The summed E-state index contributed by atoms with van der Waals surface area (Å²) >= 11 is 5.53. The molecule has 1 aromatic rings. The molecule has 0 fully saturated rings. The summed E-state index contributed by atoms with van der Waals surface area (Å²) in [5.74, 6) is -0.294. The molecule has 0 aliphatic carbocycles. The van der Waals surface area contributed by atoms with E-state index in [1.165, 1.54) is 6.07 Å². The molecule has 13 heavy (non-hydrogen) atoms. The Morgan fingerprint density at radius 1 is 1.23 bits per heavy atom. The maximum atomic E-state index is 11.7. The van der Waals surface area contributed by atoms with Crippen LogP contribution in [0.2, 0.25) is 5.02 Å². The molecule has 0 aliphatic rings. The Bertz CT molecular complexity index is 288. The standard InChI is InChI=1S/C8H6ClF3O/c1-5-2-6(9)4-7(3-5)13-8(10,11)12/h2-4H,1H3. The first-order valence-electron chi connectivity index (χ1n) is 3.40. The summed E-state index contributed by atoms with van der Waals surface area (Å²) in [6, 6.07) is 3.92. The van der Waals surface area contributed by atoms with Crippen molar-refractivity contribution < 1.29 is 17.9 Å². The van der Waals surface area contributed by atoms with Crippen LogP contribution in [-0.4, -0.2) is 6.36 Å². The Morgan fingerprint density at radius 3 is 2.31 bits per heavy atom. The summed E-state index contributed by atoms with van der Waals surface area (Å²) in [5, 5.41) is 0.222. The fourth-order valence-electron chi connectivity index (χ4n) is 0.895. The van der Waals surface area contributed by atoms with Crippen LogP contribution < -0.4 is 4.74 Å². The van der Waals surface area contributed by atoms with Crippen molar-refractivity contribution in [2.75, 3.05) is 0 Å². The lowest BCUT2D eigenvalue weighted by atomic mass is 10.2. The average molecular weight is 211 g/mol. The normalized spacial score (nSPS) is 11.5. The first-order chi connectivity index (χ1) is 5.87. The first kappa shape index (κ1) is 10.2. The van der Waals surface area contributed by atoms with Crippen molar-refractivity contribution in [2.24, 2.45) is 0 Å². The van der Waals surface area contributed by atoms with Crippen LogP contribution in [0.5, 0.6) is 5.75 Å². The number of hydrogen-bond donors (Lipinski definition) is 0. The van der Waals surface area contributed by atoms with Crippen molar-refractivity contribution in [3.05, 3.63) is 28.8 Å². The summed E-state index contributed by atoms with van der Waals surface area (Å²) in [6.07, 6.45) is -4.67. The van der Waals surface area contributed by atoms with Crippen LogP contribution in [0.3, 0.4) is 0 Å². The van der Waals surface area contributed by atoms with Crippen LogP contribution in [0.1, 0.15) is 5.56 Å². The Balaban J connectivity index is 2.90. The third kappa shape index (κ3) is 3.55. The molecule has 0 heterocycles. The van der Waals surface area contributed by atoms with Gasteiger partial charge >= 0.3 is 6.36 Å². The molecule has 5 heteroatoms. The van der Waals surface area contributed by atoms with Gasteiger partial charge in [-0.3, -0.25) is 0 Å². The number of hydrogen-bond acceptors (Lipinski definition) is 1. The Labute approximate surface area is 78.1 Å². The number of ether oxygens (including phenoxy) is 1. The lowest BCUT2D eigenvalue weighted by Gasteiger charge is -2.09. The van der Waals surface area contributed by atoms with E-state index in [0.717, 1.165) is 6.07 Å². The van der Waals surface area contributed by atoms with Gasteiger partial charge in [-0.25, -0.2) is 0 Å². The molecule has 0 saturated heterocycles. The van der Waals surface area contributed by atoms with E-state index in [1.54, 1.807) is 13.0 Å². The van der Waals surface area contributed by atoms with Crippen molar-refractivity contribution in [1.29, 1.82) is 0 Å². The highest BCUT2D eigenvalue weighted by Crippen LogP contribution is 2.26. The second kappa shape index (κ2) is 3.46. The second-order valence-electron chi connectivity index (χ2n) is 2.51. The van der Waals surface area contributed by atoms with Crippen molar-refractivity contribution in [3.8, 4) is 5.75 Å². The van der Waals surface area contributed by atoms with Crippen LogP contribution >= 0.6 is 11.6 Å². The first-order valence-corrected chi connectivity index (χ1v) is 3.77. The minimum atomic E-state index is -4.67. The summed E-state index contributed by atoms with van der Waals surface area (Å²) in [7, 11) is 0. The highest BCUT2D eigenvalue weighted by atomic mass is 35.5. The van der Waals surface area contributed by atoms with E-state index in [-0.39, 0.29) is 10.8 Å². The van der Waals surface area contributed by atoms with E-state index in [0.29, 0.717) is 5.56 Å². The smallest absolute Gasteiger partial charge is 0.406 e. The van der Waals surface area contributed by atoms with Gasteiger partial charge in [0.1, 0.15) is 5.75 Å². The van der Waals surface area contributed by atoms with Crippen molar-refractivity contribution >= 4 is 11.6 Å². The average Bonchev–Trinajstić information content (AvgIpc) is 1.78. The van der Waals surface area contributed by atoms with Crippen molar-refractivity contribution in [3.63, 3.8) is 0 Å². The lowest BCUT2D eigenvalue weighted by Crippen LogP contribution is -2.17. The van der Waals surface area contributed by atoms with Gasteiger partial charge in [0.2, 0.25) is 0 Å². The molecule has 0 aromatic heterocycles. The molecule has 0 atom stereocenters. The third-order valence-corrected chi connectivity index (χ3v) is 1.47. The molecule has 0 radical (unpaired) electrons.